The van der Waals surface area contributed by atoms with E-state index in [1.807, 2.05) is 61.5 Å². The summed E-state index contributed by atoms with van der Waals surface area (Å²) in [6.07, 6.45) is 0.414. The number of carbonyl (C=O) groups excluding carboxylic acids is 2. The standard InChI is InChI=1S/C28H28ClN3O4Se/c1-31(2)9-8-26(34)30-18-4-7-24-16(10-18)11-25(37-24)28(35)32-15-17(14-29)27-21-12-19(36-3)5-6-20(21)23(33)13-22(27)32/h4-7,10-13,17,33H,8-9,14-15H2,1-3H3,(H,30,34). The number of anilines is 2. The van der Waals surface area contributed by atoms with Crippen LogP contribution in [-0.2, 0) is 4.79 Å². The fraction of sp³-hybridized carbons (Fsp3) is 0.286. The molecule has 0 spiro atoms. The SMILES string of the molecule is COc1ccc2c(O)cc3c(c2c1)C(CCl)CN3C(=O)c1cc2cc(NC(=O)CCN(C)C)ccc2[se]1. The number of hydrogen-bond donors (Lipinski definition) is 2. The molecule has 1 unspecified atom stereocenters. The van der Waals surface area contributed by atoms with Crippen LogP contribution in [-0.4, -0.2) is 76.5 Å². The number of rotatable bonds is 7. The molecule has 0 bridgehead atoms. The van der Waals surface area contributed by atoms with Gasteiger partial charge in [-0.05, 0) is 0 Å². The molecule has 2 amide bonds. The Kier molecular flexibility index (Phi) is 7.19. The molecule has 1 aliphatic heterocycles. The van der Waals surface area contributed by atoms with Crippen LogP contribution in [0.1, 0.15) is 27.1 Å². The summed E-state index contributed by atoms with van der Waals surface area (Å²) in [5.41, 5.74) is 2.37. The van der Waals surface area contributed by atoms with Crippen molar-refractivity contribution in [3.05, 3.63) is 58.5 Å². The molecule has 2 N–H and O–H groups in total. The third kappa shape index (κ3) is 4.94. The molecule has 192 valence electrons. The van der Waals surface area contributed by atoms with Gasteiger partial charge in [0, 0.05) is 0 Å². The Hall–Kier alpha value is -3.03. The zero-order chi connectivity index (χ0) is 26.3. The predicted molar refractivity (Wildman–Crippen MR) is 150 cm³/mol. The number of aromatic hydroxyl groups is 1. The van der Waals surface area contributed by atoms with Crippen LogP contribution >= 0.6 is 11.6 Å². The van der Waals surface area contributed by atoms with Crippen LogP contribution < -0.4 is 15.0 Å². The van der Waals surface area contributed by atoms with Crippen LogP contribution in [0.25, 0.3) is 20.4 Å². The summed E-state index contributed by atoms with van der Waals surface area (Å²) in [6.45, 7) is 1.13. The van der Waals surface area contributed by atoms with E-state index in [0.717, 1.165) is 30.7 Å². The molecule has 1 aromatic heterocycles. The number of phenolic OH excluding ortho intramolecular Hbond substituents is 1. The first-order chi connectivity index (χ1) is 17.8. The number of halogens is 1. The average molecular weight is 585 g/mol. The Morgan fingerprint density at radius 3 is 2.70 bits per heavy atom. The topological polar surface area (TPSA) is 82.1 Å². The minimum atomic E-state index is -0.165. The van der Waals surface area contributed by atoms with Gasteiger partial charge in [-0.1, -0.05) is 0 Å². The van der Waals surface area contributed by atoms with Gasteiger partial charge in [-0.2, -0.15) is 0 Å². The van der Waals surface area contributed by atoms with Crippen molar-refractivity contribution in [1.29, 1.82) is 0 Å². The van der Waals surface area contributed by atoms with Crippen LogP contribution in [0, 0.1) is 0 Å². The number of alkyl halides is 1. The fourth-order valence-electron chi connectivity index (χ4n) is 4.81. The second-order valence-electron chi connectivity index (χ2n) is 9.47. The van der Waals surface area contributed by atoms with E-state index in [4.69, 9.17) is 16.3 Å². The van der Waals surface area contributed by atoms with Crippen molar-refractivity contribution >= 4 is 69.7 Å². The van der Waals surface area contributed by atoms with Gasteiger partial charge in [0.2, 0.25) is 0 Å². The van der Waals surface area contributed by atoms with Crippen LogP contribution in [0.5, 0.6) is 11.5 Å². The van der Waals surface area contributed by atoms with Crippen molar-refractivity contribution in [3.63, 3.8) is 0 Å². The Morgan fingerprint density at radius 1 is 1.16 bits per heavy atom. The molecule has 0 saturated carbocycles. The summed E-state index contributed by atoms with van der Waals surface area (Å²) in [5.74, 6) is 0.977. The molecule has 2 heterocycles. The average Bonchev–Trinajstić information content (AvgIpc) is 3.48. The Labute approximate surface area is 226 Å². The minimum absolute atomic E-state index is 0.0399. The van der Waals surface area contributed by atoms with Crippen LogP contribution in [0.4, 0.5) is 11.4 Å². The van der Waals surface area contributed by atoms with E-state index in [2.05, 4.69) is 5.32 Å². The molecule has 9 heteroatoms. The van der Waals surface area contributed by atoms with E-state index in [0.29, 0.717) is 42.2 Å². The number of nitrogens with zero attached hydrogens (tertiary/aromatic N) is 2. The normalized spacial score (nSPS) is 14.9. The van der Waals surface area contributed by atoms with Gasteiger partial charge in [-0.15, -0.1) is 0 Å². The van der Waals surface area contributed by atoms with E-state index in [1.54, 1.807) is 18.1 Å². The monoisotopic (exact) mass is 585 g/mol. The molecule has 0 fully saturated rings. The number of benzene rings is 3. The summed E-state index contributed by atoms with van der Waals surface area (Å²) in [6, 6.07) is 14.9. The summed E-state index contributed by atoms with van der Waals surface area (Å²) >= 11 is 6.21. The Bertz CT molecular complexity index is 1520. The molecule has 5 rings (SSSR count). The zero-order valence-corrected chi connectivity index (χ0v) is 23.3. The molecule has 4 aromatic rings. The number of amides is 2. The number of carbonyl (C=O) groups is 2. The van der Waals surface area contributed by atoms with E-state index < -0.39 is 0 Å². The van der Waals surface area contributed by atoms with E-state index in [1.165, 1.54) is 0 Å². The van der Waals surface area contributed by atoms with Gasteiger partial charge in [0.05, 0.1) is 0 Å². The van der Waals surface area contributed by atoms with Crippen LogP contribution in [0.2, 0.25) is 0 Å². The van der Waals surface area contributed by atoms with Crippen molar-refractivity contribution in [2.45, 2.75) is 12.3 Å². The van der Waals surface area contributed by atoms with E-state index in [-0.39, 0.29) is 38.0 Å². The van der Waals surface area contributed by atoms with E-state index >= 15 is 0 Å². The number of nitrogens with one attached hydrogen (secondary N) is 1. The molecule has 3 aromatic carbocycles. The molecule has 0 radical (unpaired) electrons. The maximum atomic E-state index is 13.8. The second-order valence-corrected chi connectivity index (χ2v) is 12.1. The summed E-state index contributed by atoms with van der Waals surface area (Å²) in [7, 11) is 5.47. The van der Waals surface area contributed by atoms with Gasteiger partial charge in [-0.25, -0.2) is 0 Å². The fourth-order valence-corrected chi connectivity index (χ4v) is 7.14. The Balaban J connectivity index is 1.46. The third-order valence-electron chi connectivity index (χ3n) is 6.67. The number of ether oxygens (including phenoxy) is 1. The van der Waals surface area contributed by atoms with Gasteiger partial charge < -0.3 is 0 Å². The first-order valence-electron chi connectivity index (χ1n) is 12.0. The van der Waals surface area contributed by atoms with Crippen LogP contribution in [0.15, 0.2) is 48.5 Å². The zero-order valence-electron chi connectivity index (χ0n) is 20.9. The van der Waals surface area contributed by atoms with Gasteiger partial charge >= 0.3 is 227 Å². The van der Waals surface area contributed by atoms with E-state index in [9.17, 15) is 14.7 Å². The maximum absolute atomic E-state index is 13.8. The summed E-state index contributed by atoms with van der Waals surface area (Å²) in [5, 5.41) is 16.2. The van der Waals surface area contributed by atoms with Crippen LogP contribution in [0.3, 0.4) is 0 Å². The molecule has 37 heavy (non-hydrogen) atoms. The number of phenols is 1. The van der Waals surface area contributed by atoms with Crippen molar-refractivity contribution < 1.29 is 19.4 Å². The van der Waals surface area contributed by atoms with Gasteiger partial charge in [-0.3, -0.25) is 0 Å². The molecule has 1 aliphatic rings. The predicted octanol–water partition coefficient (Wildman–Crippen LogP) is 4.64. The van der Waals surface area contributed by atoms with Crippen molar-refractivity contribution in [2.24, 2.45) is 0 Å². The molecule has 0 aliphatic carbocycles. The van der Waals surface area contributed by atoms with Gasteiger partial charge in [0.1, 0.15) is 0 Å². The van der Waals surface area contributed by atoms with Crippen molar-refractivity contribution in [1.82, 2.24) is 4.90 Å². The first kappa shape index (κ1) is 25.6. The molecular weight excluding hydrogens is 557 g/mol. The third-order valence-corrected chi connectivity index (χ3v) is 9.36. The quantitative estimate of drug-likeness (QED) is 0.244. The van der Waals surface area contributed by atoms with Gasteiger partial charge in [0.25, 0.3) is 0 Å². The van der Waals surface area contributed by atoms with Crippen molar-refractivity contribution in [3.8, 4) is 11.5 Å². The number of methoxy groups -OCH3 is 1. The van der Waals surface area contributed by atoms with Crippen molar-refractivity contribution in [2.75, 3.05) is 50.4 Å². The summed E-state index contributed by atoms with van der Waals surface area (Å²) in [4.78, 5) is 29.7. The number of hydrogen-bond acceptors (Lipinski definition) is 5. The molecular formula is C28H28ClN3O4Se. The Morgan fingerprint density at radius 2 is 1.97 bits per heavy atom. The first-order valence-corrected chi connectivity index (χ1v) is 14.2. The van der Waals surface area contributed by atoms with Gasteiger partial charge in [0.15, 0.2) is 0 Å². The molecule has 0 saturated heterocycles. The molecule has 7 nitrogen and oxygen atoms in total. The summed E-state index contributed by atoms with van der Waals surface area (Å²) < 4.78 is 7.24. The number of fused-ring (bicyclic) bond motifs is 4. The molecule has 1 atom stereocenters. The second kappa shape index (κ2) is 10.4.